The molecule has 0 spiro atoms. The average molecular weight is 375 g/mol. The van der Waals surface area contributed by atoms with Gasteiger partial charge in [-0.3, -0.25) is 9.69 Å². The van der Waals surface area contributed by atoms with Gasteiger partial charge in [0.1, 0.15) is 18.1 Å². The predicted octanol–water partition coefficient (Wildman–Crippen LogP) is 3.29. The topological polar surface area (TPSA) is 50.8 Å². The van der Waals surface area contributed by atoms with Crippen LogP contribution in [0.2, 0.25) is 5.02 Å². The molecule has 1 atom stereocenters. The molecule has 3 rings (SSSR count). The molecule has 0 aliphatic carbocycles. The predicted molar refractivity (Wildman–Crippen MR) is 102 cm³/mol. The molecule has 1 amide bonds. The fourth-order valence-electron chi connectivity index (χ4n) is 2.93. The number of likely N-dealkylation sites (N-methyl/N-ethyl adjacent to an activating group) is 1. The summed E-state index contributed by atoms with van der Waals surface area (Å²) in [6, 6.07) is 15.2. The van der Waals surface area contributed by atoms with Crippen LogP contribution in [0.15, 0.2) is 48.5 Å². The number of halogens is 1. The van der Waals surface area contributed by atoms with Gasteiger partial charge in [0, 0.05) is 18.5 Å². The SMILES string of the molecule is CN(CCOc1ccccc1Cl)CC(=O)N[C@H]1CCOc2ccccc21. The van der Waals surface area contributed by atoms with E-state index in [0.717, 1.165) is 17.7 Å². The van der Waals surface area contributed by atoms with Crippen molar-refractivity contribution in [3.05, 3.63) is 59.1 Å². The molecule has 1 aliphatic heterocycles. The Morgan fingerprint density at radius 3 is 2.88 bits per heavy atom. The van der Waals surface area contributed by atoms with Gasteiger partial charge in [-0.25, -0.2) is 0 Å². The molecule has 0 bridgehead atoms. The summed E-state index contributed by atoms with van der Waals surface area (Å²) in [7, 11) is 1.90. The minimum absolute atomic E-state index is 0.000209. The first-order valence-corrected chi connectivity index (χ1v) is 9.08. The number of nitrogens with one attached hydrogen (secondary N) is 1. The van der Waals surface area contributed by atoms with E-state index in [1.807, 2.05) is 54.4 Å². The van der Waals surface area contributed by atoms with Crippen molar-refractivity contribution in [2.45, 2.75) is 12.5 Å². The van der Waals surface area contributed by atoms with Gasteiger partial charge in [0.05, 0.1) is 24.2 Å². The first-order chi connectivity index (χ1) is 12.6. The number of para-hydroxylation sites is 2. The minimum atomic E-state index is -0.00746. The Labute approximate surface area is 158 Å². The van der Waals surface area contributed by atoms with Crippen LogP contribution in [-0.4, -0.2) is 44.2 Å². The van der Waals surface area contributed by atoms with E-state index in [-0.39, 0.29) is 11.9 Å². The fraction of sp³-hybridized carbons (Fsp3) is 0.350. The van der Waals surface area contributed by atoms with Gasteiger partial charge in [0.2, 0.25) is 5.91 Å². The van der Waals surface area contributed by atoms with Gasteiger partial charge in [-0.1, -0.05) is 41.9 Å². The average Bonchev–Trinajstić information content (AvgIpc) is 2.63. The molecule has 0 radical (unpaired) electrons. The van der Waals surface area contributed by atoms with Crippen LogP contribution in [0, 0.1) is 0 Å². The van der Waals surface area contributed by atoms with Crippen molar-refractivity contribution in [3.63, 3.8) is 0 Å². The Kier molecular flexibility index (Phi) is 6.36. The maximum atomic E-state index is 12.4. The summed E-state index contributed by atoms with van der Waals surface area (Å²) in [5.41, 5.74) is 1.04. The maximum absolute atomic E-state index is 12.4. The first-order valence-electron chi connectivity index (χ1n) is 8.70. The molecule has 26 heavy (non-hydrogen) atoms. The summed E-state index contributed by atoms with van der Waals surface area (Å²) in [5.74, 6) is 1.50. The number of rotatable bonds is 7. The second-order valence-electron chi connectivity index (χ2n) is 6.31. The zero-order valence-electron chi connectivity index (χ0n) is 14.8. The lowest BCUT2D eigenvalue weighted by atomic mass is 10.0. The Morgan fingerprint density at radius 2 is 2.04 bits per heavy atom. The molecule has 0 fully saturated rings. The summed E-state index contributed by atoms with van der Waals surface area (Å²) >= 11 is 6.06. The third kappa shape index (κ3) is 4.90. The first kappa shape index (κ1) is 18.5. The highest BCUT2D eigenvalue weighted by molar-refractivity contribution is 6.32. The summed E-state index contributed by atoms with van der Waals surface area (Å²) in [6.07, 6.45) is 0.780. The second kappa shape index (κ2) is 8.92. The summed E-state index contributed by atoms with van der Waals surface area (Å²) in [6.45, 7) is 2.02. The summed E-state index contributed by atoms with van der Waals surface area (Å²) in [4.78, 5) is 14.3. The molecule has 1 heterocycles. The monoisotopic (exact) mass is 374 g/mol. The lowest BCUT2D eigenvalue weighted by molar-refractivity contribution is -0.122. The van der Waals surface area contributed by atoms with E-state index < -0.39 is 0 Å². The zero-order chi connectivity index (χ0) is 18.4. The highest BCUT2D eigenvalue weighted by Crippen LogP contribution is 2.31. The van der Waals surface area contributed by atoms with Crippen LogP contribution in [-0.2, 0) is 4.79 Å². The van der Waals surface area contributed by atoms with Crippen LogP contribution in [0.1, 0.15) is 18.0 Å². The molecular weight excluding hydrogens is 352 g/mol. The third-order valence-corrected chi connectivity index (χ3v) is 4.59. The standard InChI is InChI=1S/C20H23ClN2O3/c1-23(11-13-26-19-9-5-3-7-16(19)21)14-20(24)22-17-10-12-25-18-8-4-2-6-15(17)18/h2-9,17H,10-14H2,1H3,(H,22,24)/t17-/m0/s1. The van der Waals surface area contributed by atoms with Crippen molar-refractivity contribution in [1.82, 2.24) is 10.2 Å². The molecule has 0 unspecified atom stereocenters. The fourth-order valence-corrected chi connectivity index (χ4v) is 3.12. The number of hydrogen-bond acceptors (Lipinski definition) is 4. The molecule has 2 aromatic carbocycles. The van der Waals surface area contributed by atoms with Crippen molar-refractivity contribution in [2.24, 2.45) is 0 Å². The smallest absolute Gasteiger partial charge is 0.234 e. The van der Waals surface area contributed by atoms with Gasteiger partial charge in [-0.05, 0) is 25.2 Å². The Morgan fingerprint density at radius 1 is 1.27 bits per heavy atom. The molecule has 6 heteroatoms. The molecule has 2 aromatic rings. The molecule has 0 saturated carbocycles. The van der Waals surface area contributed by atoms with Crippen molar-refractivity contribution < 1.29 is 14.3 Å². The zero-order valence-corrected chi connectivity index (χ0v) is 15.5. The quantitative estimate of drug-likeness (QED) is 0.808. The van der Waals surface area contributed by atoms with Crippen LogP contribution >= 0.6 is 11.6 Å². The van der Waals surface area contributed by atoms with Gasteiger partial charge in [-0.2, -0.15) is 0 Å². The number of amides is 1. The van der Waals surface area contributed by atoms with Crippen molar-refractivity contribution in [3.8, 4) is 11.5 Å². The van der Waals surface area contributed by atoms with Gasteiger partial charge in [-0.15, -0.1) is 0 Å². The second-order valence-corrected chi connectivity index (χ2v) is 6.72. The number of ether oxygens (including phenoxy) is 2. The van der Waals surface area contributed by atoms with Gasteiger partial charge >= 0.3 is 0 Å². The minimum Gasteiger partial charge on any atom is -0.493 e. The van der Waals surface area contributed by atoms with Gasteiger partial charge < -0.3 is 14.8 Å². The van der Waals surface area contributed by atoms with Crippen LogP contribution in [0.25, 0.3) is 0 Å². The number of carbonyl (C=O) groups excluding carboxylic acids is 1. The molecule has 1 N–H and O–H groups in total. The van der Waals surface area contributed by atoms with Gasteiger partial charge in [0.15, 0.2) is 0 Å². The van der Waals surface area contributed by atoms with Crippen LogP contribution in [0.5, 0.6) is 11.5 Å². The summed E-state index contributed by atoms with van der Waals surface area (Å²) in [5, 5.41) is 3.69. The van der Waals surface area contributed by atoms with E-state index in [0.29, 0.717) is 37.1 Å². The normalized spacial score (nSPS) is 15.9. The van der Waals surface area contributed by atoms with Crippen molar-refractivity contribution in [2.75, 3.05) is 33.4 Å². The number of nitrogens with zero attached hydrogens (tertiary/aromatic N) is 1. The number of fused-ring (bicyclic) bond motifs is 1. The van der Waals surface area contributed by atoms with E-state index in [1.165, 1.54) is 0 Å². The van der Waals surface area contributed by atoms with Crippen molar-refractivity contribution in [1.29, 1.82) is 0 Å². The molecule has 1 aliphatic rings. The Bertz CT molecular complexity index is 753. The Hall–Kier alpha value is -2.24. The maximum Gasteiger partial charge on any atom is 0.234 e. The van der Waals surface area contributed by atoms with E-state index >= 15 is 0 Å². The van der Waals surface area contributed by atoms with E-state index in [4.69, 9.17) is 21.1 Å². The van der Waals surface area contributed by atoms with E-state index in [2.05, 4.69) is 5.32 Å². The lowest BCUT2D eigenvalue weighted by Gasteiger charge is -2.27. The van der Waals surface area contributed by atoms with E-state index in [1.54, 1.807) is 6.07 Å². The third-order valence-electron chi connectivity index (χ3n) is 4.27. The van der Waals surface area contributed by atoms with Crippen LogP contribution < -0.4 is 14.8 Å². The molecule has 0 aromatic heterocycles. The number of benzene rings is 2. The summed E-state index contributed by atoms with van der Waals surface area (Å²) < 4.78 is 11.3. The lowest BCUT2D eigenvalue weighted by Crippen LogP contribution is -2.39. The number of hydrogen-bond donors (Lipinski definition) is 1. The highest BCUT2D eigenvalue weighted by Gasteiger charge is 2.22. The molecular formula is C20H23ClN2O3. The molecule has 0 saturated heterocycles. The van der Waals surface area contributed by atoms with Crippen LogP contribution in [0.3, 0.4) is 0 Å². The largest absolute Gasteiger partial charge is 0.493 e. The van der Waals surface area contributed by atoms with Crippen molar-refractivity contribution >= 4 is 17.5 Å². The highest BCUT2D eigenvalue weighted by atomic mass is 35.5. The van der Waals surface area contributed by atoms with Gasteiger partial charge in [0.25, 0.3) is 0 Å². The number of carbonyl (C=O) groups is 1. The molecule has 138 valence electrons. The van der Waals surface area contributed by atoms with Crippen LogP contribution in [0.4, 0.5) is 0 Å². The van der Waals surface area contributed by atoms with E-state index in [9.17, 15) is 4.79 Å². The Balaban J connectivity index is 1.44. The molecule has 5 nitrogen and oxygen atoms in total.